The van der Waals surface area contributed by atoms with Crippen molar-refractivity contribution >= 4 is 33.3 Å². The van der Waals surface area contributed by atoms with Crippen molar-refractivity contribution in [2.45, 2.75) is 13.3 Å². The van der Waals surface area contributed by atoms with Gasteiger partial charge in [0.05, 0.1) is 10.3 Å². The third-order valence-corrected chi connectivity index (χ3v) is 3.96. The van der Waals surface area contributed by atoms with Crippen LogP contribution >= 0.6 is 15.9 Å². The molecule has 0 bridgehead atoms. The second-order valence-corrected chi connectivity index (χ2v) is 5.84. The molecular weight excluding hydrogens is 316 g/mol. The molecule has 1 aliphatic heterocycles. The van der Waals surface area contributed by atoms with Gasteiger partial charge in [-0.25, -0.2) is 0 Å². The number of benzene rings is 1. The van der Waals surface area contributed by atoms with E-state index in [-0.39, 0.29) is 12.2 Å². The highest BCUT2D eigenvalue weighted by atomic mass is 79.9. The normalized spacial score (nSPS) is 22.5. The van der Waals surface area contributed by atoms with Gasteiger partial charge in [0.25, 0.3) is 5.69 Å². The maximum Gasteiger partial charge on any atom is 0.311 e. The first-order valence-electron chi connectivity index (χ1n) is 5.76. The molecule has 1 aromatic carbocycles. The van der Waals surface area contributed by atoms with Crippen LogP contribution in [0.25, 0.3) is 0 Å². The summed E-state index contributed by atoms with van der Waals surface area (Å²) in [6, 6.07) is 4.69. The molecule has 1 unspecified atom stereocenters. The number of carboxylic acids is 1. The fraction of sp³-hybridized carbons (Fsp3) is 0.417. The third-order valence-electron chi connectivity index (χ3n) is 3.46. The van der Waals surface area contributed by atoms with E-state index in [0.717, 1.165) is 4.47 Å². The number of anilines is 1. The number of rotatable bonds is 3. The van der Waals surface area contributed by atoms with E-state index < -0.39 is 16.3 Å². The maximum absolute atomic E-state index is 11.2. The standard InChI is InChI=1S/C12H13BrN2O4/c1-12(11(16)17)4-5-14(7-12)10-6-8(13)2-3-9(10)15(18)19/h2-3,6H,4-5,7H2,1H3,(H,16,17). The number of aliphatic carboxylic acids is 1. The lowest BCUT2D eigenvalue weighted by Gasteiger charge is -2.21. The molecule has 0 radical (unpaired) electrons. The Morgan fingerprint density at radius 3 is 2.79 bits per heavy atom. The van der Waals surface area contributed by atoms with Crippen molar-refractivity contribution in [3.05, 3.63) is 32.8 Å². The van der Waals surface area contributed by atoms with Crippen molar-refractivity contribution in [1.29, 1.82) is 0 Å². The van der Waals surface area contributed by atoms with E-state index in [9.17, 15) is 20.0 Å². The zero-order chi connectivity index (χ0) is 14.2. The van der Waals surface area contributed by atoms with Gasteiger partial charge >= 0.3 is 5.97 Å². The van der Waals surface area contributed by atoms with E-state index in [4.69, 9.17) is 0 Å². The van der Waals surface area contributed by atoms with Gasteiger partial charge in [-0.1, -0.05) is 15.9 Å². The molecule has 1 atom stereocenters. The summed E-state index contributed by atoms with van der Waals surface area (Å²) >= 11 is 3.28. The first-order chi connectivity index (χ1) is 8.83. The average Bonchev–Trinajstić information content (AvgIpc) is 2.73. The van der Waals surface area contributed by atoms with Crippen LogP contribution in [0.2, 0.25) is 0 Å². The van der Waals surface area contributed by atoms with Crippen LogP contribution in [0.15, 0.2) is 22.7 Å². The molecule has 0 aromatic heterocycles. The molecule has 7 heteroatoms. The number of hydrogen-bond donors (Lipinski definition) is 1. The highest BCUT2D eigenvalue weighted by molar-refractivity contribution is 9.10. The lowest BCUT2D eigenvalue weighted by molar-refractivity contribution is -0.384. The van der Waals surface area contributed by atoms with Crippen LogP contribution < -0.4 is 4.90 Å². The monoisotopic (exact) mass is 328 g/mol. The van der Waals surface area contributed by atoms with E-state index in [1.165, 1.54) is 6.07 Å². The predicted octanol–water partition coefficient (Wildman–Crippen LogP) is 2.66. The van der Waals surface area contributed by atoms with Gasteiger partial charge in [0, 0.05) is 23.6 Å². The quantitative estimate of drug-likeness (QED) is 0.681. The lowest BCUT2D eigenvalue weighted by atomic mass is 9.90. The molecule has 102 valence electrons. The molecular formula is C12H13BrN2O4. The Hall–Kier alpha value is -1.63. The molecule has 0 spiro atoms. The first kappa shape index (κ1) is 13.8. The molecule has 19 heavy (non-hydrogen) atoms. The smallest absolute Gasteiger partial charge is 0.311 e. The van der Waals surface area contributed by atoms with E-state index in [2.05, 4.69) is 15.9 Å². The van der Waals surface area contributed by atoms with Gasteiger partial charge < -0.3 is 10.0 Å². The van der Waals surface area contributed by atoms with Gasteiger partial charge in [-0.3, -0.25) is 14.9 Å². The van der Waals surface area contributed by atoms with Crippen LogP contribution in [0, 0.1) is 15.5 Å². The summed E-state index contributed by atoms with van der Waals surface area (Å²) in [4.78, 5) is 23.6. The molecule has 1 N–H and O–H groups in total. The molecule has 1 fully saturated rings. The minimum Gasteiger partial charge on any atom is -0.481 e. The van der Waals surface area contributed by atoms with Gasteiger partial charge in [-0.15, -0.1) is 0 Å². The molecule has 6 nitrogen and oxygen atoms in total. The first-order valence-corrected chi connectivity index (χ1v) is 6.55. The molecule has 0 aliphatic carbocycles. The second kappa shape index (κ2) is 4.80. The molecule has 1 aliphatic rings. The van der Waals surface area contributed by atoms with E-state index in [1.54, 1.807) is 24.0 Å². The van der Waals surface area contributed by atoms with Crippen molar-refractivity contribution in [1.82, 2.24) is 0 Å². The number of nitro benzene ring substituents is 1. The van der Waals surface area contributed by atoms with Crippen LogP contribution in [0.5, 0.6) is 0 Å². The summed E-state index contributed by atoms with van der Waals surface area (Å²) in [7, 11) is 0. The topological polar surface area (TPSA) is 83.7 Å². The minimum absolute atomic E-state index is 0.00200. The molecule has 2 rings (SSSR count). The zero-order valence-electron chi connectivity index (χ0n) is 10.3. The van der Waals surface area contributed by atoms with Crippen LogP contribution in [-0.2, 0) is 4.79 Å². The highest BCUT2D eigenvalue weighted by Crippen LogP contribution is 2.38. The number of hydrogen-bond acceptors (Lipinski definition) is 4. The number of halogens is 1. The van der Waals surface area contributed by atoms with E-state index >= 15 is 0 Å². The third kappa shape index (κ3) is 2.56. The molecule has 1 heterocycles. The molecule has 0 amide bonds. The van der Waals surface area contributed by atoms with E-state index in [0.29, 0.717) is 18.7 Å². The van der Waals surface area contributed by atoms with Crippen LogP contribution in [-0.4, -0.2) is 29.1 Å². The molecule has 1 saturated heterocycles. The largest absolute Gasteiger partial charge is 0.481 e. The van der Waals surface area contributed by atoms with Gasteiger partial charge in [0.15, 0.2) is 0 Å². The lowest BCUT2D eigenvalue weighted by Crippen LogP contribution is -2.31. The maximum atomic E-state index is 11.2. The van der Waals surface area contributed by atoms with Gasteiger partial charge in [0.2, 0.25) is 0 Å². The van der Waals surface area contributed by atoms with Crippen LogP contribution in [0.1, 0.15) is 13.3 Å². The summed E-state index contributed by atoms with van der Waals surface area (Å²) in [6.45, 7) is 2.44. The Morgan fingerprint density at radius 2 is 2.26 bits per heavy atom. The second-order valence-electron chi connectivity index (χ2n) is 4.93. The Bertz CT molecular complexity index is 549. The summed E-state index contributed by atoms with van der Waals surface area (Å²) < 4.78 is 0.733. The van der Waals surface area contributed by atoms with Crippen molar-refractivity contribution in [3.63, 3.8) is 0 Å². The predicted molar refractivity (Wildman–Crippen MR) is 73.4 cm³/mol. The van der Waals surface area contributed by atoms with Gasteiger partial charge in [-0.2, -0.15) is 0 Å². The Morgan fingerprint density at radius 1 is 1.58 bits per heavy atom. The Kier molecular flexibility index (Phi) is 3.49. The van der Waals surface area contributed by atoms with Gasteiger partial charge in [-0.05, 0) is 25.5 Å². The highest BCUT2D eigenvalue weighted by Gasteiger charge is 2.41. The number of carboxylic acid groups (broad SMARTS) is 1. The summed E-state index contributed by atoms with van der Waals surface area (Å²) in [6.07, 6.45) is 0.478. The van der Waals surface area contributed by atoms with Gasteiger partial charge in [0.1, 0.15) is 5.69 Å². The molecule has 1 aromatic rings. The van der Waals surface area contributed by atoms with Crippen LogP contribution in [0.3, 0.4) is 0 Å². The number of nitro groups is 1. The number of nitrogens with zero attached hydrogens (tertiary/aromatic N) is 2. The van der Waals surface area contributed by atoms with Crippen molar-refractivity contribution in [2.24, 2.45) is 5.41 Å². The van der Waals surface area contributed by atoms with Crippen molar-refractivity contribution < 1.29 is 14.8 Å². The SMILES string of the molecule is CC1(C(=O)O)CCN(c2cc(Br)ccc2[N+](=O)[O-])C1. The summed E-state index contributed by atoms with van der Waals surface area (Å²) in [5.41, 5.74) is -0.391. The number of carbonyl (C=O) groups is 1. The summed E-state index contributed by atoms with van der Waals surface area (Å²) in [5, 5.41) is 20.2. The fourth-order valence-corrected chi connectivity index (χ4v) is 2.59. The zero-order valence-corrected chi connectivity index (χ0v) is 11.9. The minimum atomic E-state index is -0.868. The van der Waals surface area contributed by atoms with E-state index in [1.807, 2.05) is 0 Å². The van der Waals surface area contributed by atoms with Crippen molar-refractivity contribution in [2.75, 3.05) is 18.0 Å². The van der Waals surface area contributed by atoms with Crippen LogP contribution in [0.4, 0.5) is 11.4 Å². The Labute approximate surface area is 118 Å². The fourth-order valence-electron chi connectivity index (χ4n) is 2.25. The Balaban J connectivity index is 2.36. The average molecular weight is 329 g/mol. The summed E-state index contributed by atoms with van der Waals surface area (Å²) in [5.74, 6) is -0.868. The van der Waals surface area contributed by atoms with Crippen molar-refractivity contribution in [3.8, 4) is 0 Å². The molecule has 0 saturated carbocycles.